The summed E-state index contributed by atoms with van der Waals surface area (Å²) in [5.41, 5.74) is 1.87. The lowest BCUT2D eigenvalue weighted by molar-refractivity contribution is -0.123. The van der Waals surface area contributed by atoms with Crippen LogP contribution in [0.2, 0.25) is 0 Å². The molecule has 1 unspecified atom stereocenters. The van der Waals surface area contributed by atoms with Gasteiger partial charge in [-0.15, -0.1) is 0 Å². The van der Waals surface area contributed by atoms with Gasteiger partial charge in [0.05, 0.1) is 20.1 Å². The standard InChI is InChI=1S/C21H25NO3/c1-14(2)22-20(23)19-13-21(19,15-7-5-9-17(11-15)24-3)16-8-6-10-18(12-16)25-4/h5-12,14,19H,13H2,1-4H3,(H,22,23). The predicted octanol–water partition coefficient (Wildman–Crippen LogP) is 3.53. The molecule has 2 aromatic carbocycles. The van der Waals surface area contributed by atoms with Crippen LogP contribution in [0, 0.1) is 5.92 Å². The Morgan fingerprint density at radius 2 is 1.56 bits per heavy atom. The van der Waals surface area contributed by atoms with Gasteiger partial charge in [0.15, 0.2) is 0 Å². The van der Waals surface area contributed by atoms with E-state index in [2.05, 4.69) is 17.4 Å². The van der Waals surface area contributed by atoms with E-state index in [-0.39, 0.29) is 23.3 Å². The highest BCUT2D eigenvalue weighted by molar-refractivity contribution is 5.86. The number of carbonyl (C=O) groups excluding carboxylic acids is 1. The van der Waals surface area contributed by atoms with E-state index < -0.39 is 0 Å². The van der Waals surface area contributed by atoms with Gasteiger partial charge in [0.25, 0.3) is 0 Å². The Morgan fingerprint density at radius 3 is 2.00 bits per heavy atom. The summed E-state index contributed by atoms with van der Waals surface area (Å²) in [5, 5.41) is 3.05. The Labute approximate surface area is 149 Å². The van der Waals surface area contributed by atoms with Gasteiger partial charge in [-0.25, -0.2) is 0 Å². The van der Waals surface area contributed by atoms with E-state index in [0.717, 1.165) is 29.0 Å². The van der Waals surface area contributed by atoms with E-state index in [1.807, 2.05) is 50.2 Å². The Kier molecular flexibility index (Phi) is 4.71. The fourth-order valence-electron chi connectivity index (χ4n) is 3.57. The average molecular weight is 339 g/mol. The molecule has 1 fully saturated rings. The van der Waals surface area contributed by atoms with Crippen LogP contribution < -0.4 is 14.8 Å². The maximum absolute atomic E-state index is 12.7. The van der Waals surface area contributed by atoms with Crippen molar-refractivity contribution in [2.75, 3.05) is 14.2 Å². The van der Waals surface area contributed by atoms with Crippen molar-refractivity contribution in [1.29, 1.82) is 0 Å². The minimum Gasteiger partial charge on any atom is -0.497 e. The summed E-state index contributed by atoms with van der Waals surface area (Å²) < 4.78 is 10.8. The molecule has 1 aliphatic rings. The number of hydrogen-bond acceptors (Lipinski definition) is 3. The van der Waals surface area contributed by atoms with Crippen LogP contribution >= 0.6 is 0 Å². The molecule has 4 nitrogen and oxygen atoms in total. The quantitative estimate of drug-likeness (QED) is 0.876. The third-order valence-electron chi connectivity index (χ3n) is 4.88. The molecule has 1 aliphatic carbocycles. The first-order chi connectivity index (χ1) is 12.0. The summed E-state index contributed by atoms with van der Waals surface area (Å²) in [5.74, 6) is 1.61. The van der Waals surface area contributed by atoms with Crippen LogP contribution in [0.3, 0.4) is 0 Å². The van der Waals surface area contributed by atoms with Crippen LogP contribution in [0.15, 0.2) is 48.5 Å². The van der Waals surface area contributed by atoms with Crippen LogP contribution in [0.25, 0.3) is 0 Å². The lowest BCUT2D eigenvalue weighted by Crippen LogP contribution is -2.34. The SMILES string of the molecule is COc1cccc(C2(c3cccc(OC)c3)CC2C(=O)NC(C)C)c1. The fraction of sp³-hybridized carbons (Fsp3) is 0.381. The fourth-order valence-corrected chi connectivity index (χ4v) is 3.57. The topological polar surface area (TPSA) is 47.6 Å². The van der Waals surface area contributed by atoms with Crippen molar-refractivity contribution in [3.8, 4) is 11.5 Å². The molecule has 1 atom stereocenters. The number of benzene rings is 2. The van der Waals surface area contributed by atoms with Gasteiger partial charge in [-0.1, -0.05) is 24.3 Å². The molecule has 1 saturated carbocycles. The second-order valence-corrected chi connectivity index (χ2v) is 6.86. The number of methoxy groups -OCH3 is 2. The average Bonchev–Trinajstić information content (AvgIpc) is 3.38. The number of ether oxygens (including phenoxy) is 2. The minimum absolute atomic E-state index is 0.0888. The maximum Gasteiger partial charge on any atom is 0.224 e. The maximum atomic E-state index is 12.7. The van der Waals surface area contributed by atoms with Crippen molar-refractivity contribution in [2.24, 2.45) is 5.92 Å². The molecule has 4 heteroatoms. The molecule has 1 amide bonds. The molecule has 132 valence electrons. The smallest absolute Gasteiger partial charge is 0.224 e. The van der Waals surface area contributed by atoms with Crippen molar-refractivity contribution < 1.29 is 14.3 Å². The molecular formula is C21H25NO3. The van der Waals surface area contributed by atoms with Gasteiger partial charge in [0.1, 0.15) is 11.5 Å². The van der Waals surface area contributed by atoms with E-state index in [0.29, 0.717) is 0 Å². The Balaban J connectivity index is 2.05. The molecule has 25 heavy (non-hydrogen) atoms. The highest BCUT2D eigenvalue weighted by atomic mass is 16.5. The van der Waals surface area contributed by atoms with E-state index >= 15 is 0 Å². The number of nitrogens with one attached hydrogen (secondary N) is 1. The van der Waals surface area contributed by atoms with Gasteiger partial charge < -0.3 is 14.8 Å². The van der Waals surface area contributed by atoms with Crippen LogP contribution in [0.5, 0.6) is 11.5 Å². The zero-order chi connectivity index (χ0) is 18.0. The lowest BCUT2D eigenvalue weighted by atomic mass is 9.85. The summed E-state index contributed by atoms with van der Waals surface area (Å²) in [6, 6.07) is 16.1. The third kappa shape index (κ3) is 3.21. The highest BCUT2D eigenvalue weighted by Crippen LogP contribution is 2.59. The van der Waals surface area contributed by atoms with Gasteiger partial charge in [0.2, 0.25) is 5.91 Å². The van der Waals surface area contributed by atoms with Crippen molar-refractivity contribution in [1.82, 2.24) is 5.32 Å². The molecule has 0 aliphatic heterocycles. The number of hydrogen-bond donors (Lipinski definition) is 1. The summed E-state index contributed by atoms with van der Waals surface area (Å²) in [4.78, 5) is 12.7. The molecule has 3 rings (SSSR count). The number of rotatable bonds is 6. The monoisotopic (exact) mass is 339 g/mol. The van der Waals surface area contributed by atoms with E-state index in [9.17, 15) is 4.79 Å². The van der Waals surface area contributed by atoms with Crippen LogP contribution in [-0.4, -0.2) is 26.2 Å². The molecule has 0 heterocycles. The van der Waals surface area contributed by atoms with Gasteiger partial charge in [-0.3, -0.25) is 4.79 Å². The molecule has 0 saturated heterocycles. The molecule has 0 aromatic heterocycles. The molecule has 0 bridgehead atoms. The molecule has 0 radical (unpaired) electrons. The van der Waals surface area contributed by atoms with E-state index in [1.165, 1.54) is 0 Å². The summed E-state index contributed by atoms with van der Waals surface area (Å²) >= 11 is 0. The zero-order valence-corrected chi connectivity index (χ0v) is 15.2. The van der Waals surface area contributed by atoms with Crippen molar-refractivity contribution >= 4 is 5.91 Å². The van der Waals surface area contributed by atoms with Crippen LogP contribution in [0.4, 0.5) is 0 Å². The van der Waals surface area contributed by atoms with Gasteiger partial charge in [-0.2, -0.15) is 0 Å². The minimum atomic E-state index is -0.331. The number of carbonyl (C=O) groups is 1. The summed E-state index contributed by atoms with van der Waals surface area (Å²) in [6.45, 7) is 3.97. The van der Waals surface area contributed by atoms with E-state index in [1.54, 1.807) is 14.2 Å². The lowest BCUT2D eigenvalue weighted by Gasteiger charge is -2.21. The van der Waals surface area contributed by atoms with Gasteiger partial charge >= 0.3 is 0 Å². The Hall–Kier alpha value is -2.49. The number of amides is 1. The Morgan fingerprint density at radius 1 is 1.04 bits per heavy atom. The van der Waals surface area contributed by atoms with Gasteiger partial charge in [0, 0.05) is 11.5 Å². The van der Waals surface area contributed by atoms with E-state index in [4.69, 9.17) is 9.47 Å². The largest absolute Gasteiger partial charge is 0.497 e. The van der Waals surface area contributed by atoms with Gasteiger partial charge in [-0.05, 0) is 55.7 Å². The summed E-state index contributed by atoms with van der Waals surface area (Å²) in [6.07, 6.45) is 0.784. The molecule has 0 spiro atoms. The van der Waals surface area contributed by atoms with Crippen LogP contribution in [0.1, 0.15) is 31.4 Å². The first-order valence-electron chi connectivity index (χ1n) is 8.60. The molecular weight excluding hydrogens is 314 g/mol. The predicted molar refractivity (Wildman–Crippen MR) is 98.2 cm³/mol. The highest BCUT2D eigenvalue weighted by Gasteiger charge is 2.60. The second kappa shape index (κ2) is 6.79. The Bertz CT molecular complexity index is 722. The first kappa shape index (κ1) is 17.3. The molecule has 2 aromatic rings. The van der Waals surface area contributed by atoms with Crippen LogP contribution in [-0.2, 0) is 10.2 Å². The van der Waals surface area contributed by atoms with Crippen molar-refractivity contribution in [3.05, 3.63) is 59.7 Å². The first-order valence-corrected chi connectivity index (χ1v) is 8.60. The normalized spacial score (nSPS) is 17.9. The van der Waals surface area contributed by atoms with Crippen molar-refractivity contribution in [2.45, 2.75) is 31.7 Å². The third-order valence-corrected chi connectivity index (χ3v) is 4.88. The molecule has 1 N–H and O–H groups in total. The summed E-state index contributed by atoms with van der Waals surface area (Å²) in [7, 11) is 3.32. The second-order valence-electron chi connectivity index (χ2n) is 6.86. The zero-order valence-electron chi connectivity index (χ0n) is 15.2. The van der Waals surface area contributed by atoms with Crippen molar-refractivity contribution in [3.63, 3.8) is 0 Å².